The van der Waals surface area contributed by atoms with Gasteiger partial charge in [0.15, 0.2) is 0 Å². The first-order valence-corrected chi connectivity index (χ1v) is 6.17. The Morgan fingerprint density at radius 3 is 2.35 bits per heavy atom. The molecule has 0 saturated carbocycles. The lowest BCUT2D eigenvalue weighted by Crippen LogP contribution is -2.22. The Kier molecular flexibility index (Phi) is 5.18. The average Bonchev–Trinajstić information content (AvgIpc) is 2.29. The molecule has 0 bridgehead atoms. The van der Waals surface area contributed by atoms with E-state index in [4.69, 9.17) is 5.26 Å². The smallest absolute Gasteiger partial charge is 0.0635 e. The zero-order valence-corrected chi connectivity index (χ0v) is 11.4. The molecule has 0 fully saturated rings. The van der Waals surface area contributed by atoms with E-state index in [9.17, 15) is 0 Å². The first-order valence-electron chi connectivity index (χ1n) is 6.17. The third-order valence-electron chi connectivity index (χ3n) is 3.32. The van der Waals surface area contributed by atoms with E-state index in [0.29, 0.717) is 6.42 Å². The Bertz CT molecular complexity index is 416. The fourth-order valence-corrected chi connectivity index (χ4v) is 1.95. The zero-order chi connectivity index (χ0) is 12.8. The van der Waals surface area contributed by atoms with Crippen LogP contribution in [-0.4, -0.2) is 25.0 Å². The molecule has 0 amide bonds. The number of benzene rings is 1. The summed E-state index contributed by atoms with van der Waals surface area (Å²) in [7, 11) is 2.08. The summed E-state index contributed by atoms with van der Waals surface area (Å²) >= 11 is 0. The number of hydrogen-bond donors (Lipinski definition) is 0. The van der Waals surface area contributed by atoms with Gasteiger partial charge in [0.1, 0.15) is 0 Å². The van der Waals surface area contributed by atoms with Crippen LogP contribution in [0.3, 0.4) is 0 Å². The Balaban J connectivity index is 2.58. The largest absolute Gasteiger partial charge is 0.305 e. The van der Waals surface area contributed by atoms with Crippen LogP contribution in [0.4, 0.5) is 0 Å². The molecule has 92 valence electrons. The second kappa shape index (κ2) is 6.42. The van der Waals surface area contributed by atoms with Gasteiger partial charge in [0.2, 0.25) is 0 Å². The highest BCUT2D eigenvalue weighted by atomic mass is 15.1. The van der Waals surface area contributed by atoms with Crippen molar-refractivity contribution in [3.05, 3.63) is 34.4 Å². The molecule has 0 heterocycles. The average molecular weight is 230 g/mol. The van der Waals surface area contributed by atoms with Gasteiger partial charge in [-0.25, -0.2) is 0 Å². The van der Waals surface area contributed by atoms with Crippen LogP contribution in [0, 0.1) is 32.1 Å². The van der Waals surface area contributed by atoms with E-state index >= 15 is 0 Å². The quantitative estimate of drug-likeness (QED) is 0.777. The van der Waals surface area contributed by atoms with Gasteiger partial charge in [0, 0.05) is 19.5 Å². The van der Waals surface area contributed by atoms with Crippen molar-refractivity contribution in [2.24, 2.45) is 0 Å². The molecule has 0 aromatic heterocycles. The molecule has 0 aliphatic heterocycles. The van der Waals surface area contributed by atoms with Crippen molar-refractivity contribution in [1.29, 1.82) is 5.26 Å². The lowest BCUT2D eigenvalue weighted by molar-refractivity contribution is 0.346. The first kappa shape index (κ1) is 13.7. The van der Waals surface area contributed by atoms with Crippen LogP contribution in [-0.2, 0) is 6.42 Å². The van der Waals surface area contributed by atoms with E-state index in [1.807, 2.05) is 0 Å². The number of hydrogen-bond acceptors (Lipinski definition) is 2. The molecule has 0 N–H and O–H groups in total. The second-order valence-electron chi connectivity index (χ2n) is 4.82. The van der Waals surface area contributed by atoms with E-state index in [0.717, 1.165) is 19.5 Å². The Labute approximate surface area is 105 Å². The van der Waals surface area contributed by atoms with Gasteiger partial charge in [-0.2, -0.15) is 5.26 Å². The molecule has 1 aromatic carbocycles. The van der Waals surface area contributed by atoms with Crippen LogP contribution in [0.25, 0.3) is 0 Å². The highest BCUT2D eigenvalue weighted by Crippen LogP contribution is 2.16. The normalized spacial score (nSPS) is 10.6. The van der Waals surface area contributed by atoms with Crippen molar-refractivity contribution < 1.29 is 0 Å². The van der Waals surface area contributed by atoms with Gasteiger partial charge in [-0.3, -0.25) is 0 Å². The summed E-state index contributed by atoms with van der Waals surface area (Å²) in [6, 6.07) is 6.74. The molecule has 0 spiro atoms. The monoisotopic (exact) mass is 230 g/mol. The van der Waals surface area contributed by atoms with Crippen molar-refractivity contribution in [2.75, 3.05) is 20.1 Å². The van der Waals surface area contributed by atoms with Gasteiger partial charge in [-0.05, 0) is 56.5 Å². The fourth-order valence-electron chi connectivity index (χ4n) is 1.95. The first-order chi connectivity index (χ1) is 8.04. The summed E-state index contributed by atoms with van der Waals surface area (Å²) in [4.78, 5) is 2.22. The lowest BCUT2D eigenvalue weighted by atomic mass is 9.99. The predicted octanol–water partition coefficient (Wildman–Crippen LogP) is 3.00. The minimum absolute atomic E-state index is 0.613. The summed E-state index contributed by atoms with van der Waals surface area (Å²) in [6.45, 7) is 8.38. The zero-order valence-electron chi connectivity index (χ0n) is 11.4. The van der Waals surface area contributed by atoms with Gasteiger partial charge in [-0.1, -0.05) is 12.1 Å². The third kappa shape index (κ3) is 4.20. The number of likely N-dealkylation sites (N-methyl/N-ethyl adjacent to an activating group) is 1. The molecule has 0 unspecified atom stereocenters. The Morgan fingerprint density at radius 1 is 1.06 bits per heavy atom. The van der Waals surface area contributed by atoms with Gasteiger partial charge in [0.25, 0.3) is 0 Å². The van der Waals surface area contributed by atoms with Gasteiger partial charge < -0.3 is 4.90 Å². The lowest BCUT2D eigenvalue weighted by Gasteiger charge is -2.16. The van der Waals surface area contributed by atoms with Gasteiger partial charge >= 0.3 is 0 Å². The summed E-state index contributed by atoms with van der Waals surface area (Å²) in [5, 5.41) is 8.53. The predicted molar refractivity (Wildman–Crippen MR) is 72.1 cm³/mol. The van der Waals surface area contributed by atoms with E-state index < -0.39 is 0 Å². The molecule has 2 nitrogen and oxygen atoms in total. The van der Waals surface area contributed by atoms with E-state index in [-0.39, 0.29) is 0 Å². The summed E-state index contributed by atoms with van der Waals surface area (Å²) < 4.78 is 0. The van der Waals surface area contributed by atoms with Crippen molar-refractivity contribution >= 4 is 0 Å². The fraction of sp³-hybridized carbons (Fsp3) is 0.533. The van der Waals surface area contributed by atoms with Gasteiger partial charge in [-0.15, -0.1) is 0 Å². The molecule has 0 aliphatic rings. The number of nitriles is 1. The van der Waals surface area contributed by atoms with Crippen LogP contribution in [0.2, 0.25) is 0 Å². The van der Waals surface area contributed by atoms with Crippen LogP contribution in [0.15, 0.2) is 12.1 Å². The molecule has 2 heteroatoms. The molecule has 0 radical (unpaired) electrons. The van der Waals surface area contributed by atoms with Crippen molar-refractivity contribution in [1.82, 2.24) is 4.90 Å². The maximum absolute atomic E-state index is 8.53. The minimum Gasteiger partial charge on any atom is -0.305 e. The number of aryl methyl sites for hydroxylation is 3. The maximum atomic E-state index is 8.53. The van der Waals surface area contributed by atoms with Crippen LogP contribution < -0.4 is 0 Å². The number of rotatable bonds is 5. The molecular formula is C15H22N2. The highest BCUT2D eigenvalue weighted by molar-refractivity contribution is 5.36. The molecule has 1 rings (SSSR count). The summed E-state index contributed by atoms with van der Waals surface area (Å²) in [5.74, 6) is 0. The Hall–Kier alpha value is -1.33. The molecule has 1 aromatic rings. The van der Waals surface area contributed by atoms with E-state index in [1.54, 1.807) is 0 Å². The van der Waals surface area contributed by atoms with Crippen LogP contribution >= 0.6 is 0 Å². The second-order valence-corrected chi connectivity index (χ2v) is 4.82. The minimum atomic E-state index is 0.613. The molecule has 0 atom stereocenters. The summed E-state index contributed by atoms with van der Waals surface area (Å²) in [6.07, 6.45) is 1.68. The standard InChI is InChI=1S/C15H22N2/c1-12-10-14(3)15(11-13(12)2)6-9-17(4)8-5-7-16/h10-11H,5-6,8-9H2,1-4H3. The third-order valence-corrected chi connectivity index (χ3v) is 3.32. The van der Waals surface area contributed by atoms with E-state index in [1.165, 1.54) is 22.3 Å². The van der Waals surface area contributed by atoms with Crippen LogP contribution in [0.5, 0.6) is 0 Å². The van der Waals surface area contributed by atoms with Crippen molar-refractivity contribution in [3.8, 4) is 6.07 Å². The van der Waals surface area contributed by atoms with E-state index in [2.05, 4.69) is 50.9 Å². The molecule has 0 aliphatic carbocycles. The molecule has 0 saturated heterocycles. The van der Waals surface area contributed by atoms with Crippen molar-refractivity contribution in [3.63, 3.8) is 0 Å². The maximum Gasteiger partial charge on any atom is 0.0635 e. The van der Waals surface area contributed by atoms with Crippen LogP contribution in [0.1, 0.15) is 28.7 Å². The van der Waals surface area contributed by atoms with Crippen molar-refractivity contribution in [2.45, 2.75) is 33.6 Å². The molecular weight excluding hydrogens is 208 g/mol. The number of nitrogens with zero attached hydrogens (tertiary/aromatic N) is 2. The summed E-state index contributed by atoms with van der Waals surface area (Å²) in [5.41, 5.74) is 5.54. The molecule has 17 heavy (non-hydrogen) atoms. The SMILES string of the molecule is Cc1cc(C)c(CCN(C)CCC#N)cc1C. The highest BCUT2D eigenvalue weighted by Gasteiger charge is 2.04. The topological polar surface area (TPSA) is 27.0 Å². The Morgan fingerprint density at radius 2 is 1.71 bits per heavy atom. The van der Waals surface area contributed by atoms with Gasteiger partial charge in [0.05, 0.1) is 6.07 Å².